The number of hydrogen-bond donors (Lipinski definition) is 1. The summed E-state index contributed by atoms with van der Waals surface area (Å²) >= 11 is 0. The molecule has 1 saturated heterocycles. The minimum Gasteiger partial charge on any atom is -0.329 e. The molecule has 1 aromatic heterocycles. The first-order chi connectivity index (χ1) is 8.36. The van der Waals surface area contributed by atoms with Gasteiger partial charge in [0.1, 0.15) is 0 Å². The molecule has 1 aromatic rings. The summed E-state index contributed by atoms with van der Waals surface area (Å²) in [6.07, 6.45) is 8.97. The Morgan fingerprint density at radius 3 is 3.06 bits per heavy atom. The zero-order chi connectivity index (χ0) is 12.1. The first-order valence-electron chi connectivity index (χ1n) is 6.72. The first-order valence-corrected chi connectivity index (χ1v) is 6.72. The van der Waals surface area contributed by atoms with Gasteiger partial charge < -0.3 is 5.73 Å². The SMILES string of the molecule is CCC1CCCCN1C(CN)c1cccnc1. The summed E-state index contributed by atoms with van der Waals surface area (Å²) in [6, 6.07) is 5.18. The van der Waals surface area contributed by atoms with Crippen molar-refractivity contribution in [3.63, 3.8) is 0 Å². The van der Waals surface area contributed by atoms with Crippen LogP contribution in [0.4, 0.5) is 0 Å². The Hall–Kier alpha value is -0.930. The molecule has 2 N–H and O–H groups in total. The molecule has 2 atom stereocenters. The normalized spacial score (nSPS) is 23.5. The molecule has 2 unspecified atom stereocenters. The second-order valence-corrected chi connectivity index (χ2v) is 4.83. The number of rotatable bonds is 4. The molecule has 1 aliphatic heterocycles. The van der Waals surface area contributed by atoms with Crippen LogP contribution in [0.25, 0.3) is 0 Å². The lowest BCUT2D eigenvalue weighted by Crippen LogP contribution is -2.44. The molecule has 17 heavy (non-hydrogen) atoms. The van der Waals surface area contributed by atoms with E-state index < -0.39 is 0 Å². The van der Waals surface area contributed by atoms with Gasteiger partial charge in [0.05, 0.1) is 0 Å². The second-order valence-electron chi connectivity index (χ2n) is 4.83. The molecule has 3 heteroatoms. The standard InChI is InChI=1S/C14H23N3/c1-2-13-7-3-4-9-17(13)14(10-15)12-6-5-8-16-11-12/h5-6,8,11,13-14H,2-4,7,9-10,15H2,1H3. The van der Waals surface area contributed by atoms with Gasteiger partial charge in [0.2, 0.25) is 0 Å². The number of nitrogens with zero attached hydrogens (tertiary/aromatic N) is 2. The molecule has 2 heterocycles. The summed E-state index contributed by atoms with van der Waals surface area (Å²) in [6.45, 7) is 4.14. The highest BCUT2D eigenvalue weighted by Crippen LogP contribution is 2.28. The molecule has 0 bridgehead atoms. The zero-order valence-electron chi connectivity index (χ0n) is 10.7. The molecular weight excluding hydrogens is 210 g/mol. The lowest BCUT2D eigenvalue weighted by molar-refractivity contribution is 0.0947. The van der Waals surface area contributed by atoms with Gasteiger partial charge in [-0.05, 0) is 37.4 Å². The molecule has 1 fully saturated rings. The molecular formula is C14H23N3. The van der Waals surface area contributed by atoms with Crippen LogP contribution >= 0.6 is 0 Å². The summed E-state index contributed by atoms with van der Waals surface area (Å²) in [5, 5.41) is 0. The van der Waals surface area contributed by atoms with Crippen molar-refractivity contribution < 1.29 is 0 Å². The third-order valence-electron chi connectivity index (χ3n) is 3.84. The van der Waals surface area contributed by atoms with Gasteiger partial charge in [-0.1, -0.05) is 19.4 Å². The van der Waals surface area contributed by atoms with E-state index in [2.05, 4.69) is 22.9 Å². The predicted molar refractivity (Wildman–Crippen MR) is 70.7 cm³/mol. The van der Waals surface area contributed by atoms with E-state index in [0.29, 0.717) is 18.6 Å². The molecule has 1 aliphatic rings. The smallest absolute Gasteiger partial charge is 0.0488 e. The van der Waals surface area contributed by atoms with E-state index in [9.17, 15) is 0 Å². The van der Waals surface area contributed by atoms with Crippen molar-refractivity contribution in [1.29, 1.82) is 0 Å². The Kier molecular flexibility index (Phi) is 4.51. The Labute approximate surface area is 104 Å². The molecule has 94 valence electrons. The van der Waals surface area contributed by atoms with Crippen LogP contribution < -0.4 is 5.73 Å². The number of hydrogen-bond acceptors (Lipinski definition) is 3. The summed E-state index contributed by atoms with van der Waals surface area (Å²) in [5.74, 6) is 0. The first kappa shape index (κ1) is 12.5. The summed E-state index contributed by atoms with van der Waals surface area (Å²) < 4.78 is 0. The average Bonchev–Trinajstić information content (AvgIpc) is 2.41. The van der Waals surface area contributed by atoms with Crippen LogP contribution in [-0.2, 0) is 0 Å². The number of pyridine rings is 1. The number of piperidine rings is 1. The van der Waals surface area contributed by atoms with Gasteiger partial charge >= 0.3 is 0 Å². The molecule has 3 nitrogen and oxygen atoms in total. The van der Waals surface area contributed by atoms with Gasteiger partial charge in [-0.15, -0.1) is 0 Å². The van der Waals surface area contributed by atoms with E-state index >= 15 is 0 Å². The number of aromatic nitrogens is 1. The van der Waals surface area contributed by atoms with Gasteiger partial charge in [-0.25, -0.2) is 0 Å². The van der Waals surface area contributed by atoms with Crippen LogP contribution in [0, 0.1) is 0 Å². The maximum absolute atomic E-state index is 5.98. The largest absolute Gasteiger partial charge is 0.329 e. The summed E-state index contributed by atoms with van der Waals surface area (Å²) in [7, 11) is 0. The second kappa shape index (κ2) is 6.12. The van der Waals surface area contributed by atoms with Gasteiger partial charge in [-0.2, -0.15) is 0 Å². The van der Waals surface area contributed by atoms with E-state index in [1.807, 2.05) is 18.5 Å². The van der Waals surface area contributed by atoms with Crippen LogP contribution in [-0.4, -0.2) is 29.0 Å². The molecule has 0 aliphatic carbocycles. The van der Waals surface area contributed by atoms with Crippen LogP contribution in [0.15, 0.2) is 24.5 Å². The highest BCUT2D eigenvalue weighted by molar-refractivity contribution is 5.15. The van der Waals surface area contributed by atoms with Crippen LogP contribution in [0.2, 0.25) is 0 Å². The monoisotopic (exact) mass is 233 g/mol. The minimum absolute atomic E-state index is 0.342. The van der Waals surface area contributed by atoms with Gasteiger partial charge in [0, 0.05) is 31.0 Å². The third-order valence-corrected chi connectivity index (χ3v) is 3.84. The summed E-state index contributed by atoms with van der Waals surface area (Å²) in [5.41, 5.74) is 7.24. The van der Waals surface area contributed by atoms with Crippen molar-refractivity contribution in [2.45, 2.75) is 44.7 Å². The van der Waals surface area contributed by atoms with Gasteiger partial charge in [0.25, 0.3) is 0 Å². The number of nitrogens with two attached hydrogens (primary N) is 1. The maximum Gasteiger partial charge on any atom is 0.0488 e. The highest BCUT2D eigenvalue weighted by atomic mass is 15.2. The van der Waals surface area contributed by atoms with Crippen molar-refractivity contribution in [2.24, 2.45) is 5.73 Å². The molecule has 0 amide bonds. The van der Waals surface area contributed by atoms with Crippen molar-refractivity contribution in [3.05, 3.63) is 30.1 Å². The van der Waals surface area contributed by atoms with E-state index in [4.69, 9.17) is 5.73 Å². The summed E-state index contributed by atoms with van der Waals surface area (Å²) in [4.78, 5) is 6.80. The Bertz CT molecular complexity index is 325. The van der Waals surface area contributed by atoms with Crippen LogP contribution in [0.1, 0.15) is 44.2 Å². The fourth-order valence-corrected chi connectivity index (χ4v) is 2.91. The van der Waals surface area contributed by atoms with Crippen LogP contribution in [0.5, 0.6) is 0 Å². The molecule has 0 radical (unpaired) electrons. The topological polar surface area (TPSA) is 42.1 Å². The van der Waals surface area contributed by atoms with E-state index in [1.54, 1.807) is 0 Å². The molecule has 0 saturated carbocycles. The van der Waals surface area contributed by atoms with Gasteiger partial charge in [-0.3, -0.25) is 9.88 Å². The van der Waals surface area contributed by atoms with E-state index in [-0.39, 0.29) is 0 Å². The average molecular weight is 233 g/mol. The Morgan fingerprint density at radius 1 is 1.53 bits per heavy atom. The lowest BCUT2D eigenvalue weighted by atomic mass is 9.95. The van der Waals surface area contributed by atoms with Crippen molar-refractivity contribution in [2.75, 3.05) is 13.1 Å². The lowest BCUT2D eigenvalue weighted by Gasteiger charge is -2.40. The van der Waals surface area contributed by atoms with E-state index in [0.717, 1.165) is 0 Å². The quantitative estimate of drug-likeness (QED) is 0.868. The van der Waals surface area contributed by atoms with Crippen molar-refractivity contribution in [3.8, 4) is 0 Å². The zero-order valence-corrected chi connectivity index (χ0v) is 10.7. The molecule has 0 aromatic carbocycles. The maximum atomic E-state index is 5.98. The van der Waals surface area contributed by atoms with Crippen molar-refractivity contribution in [1.82, 2.24) is 9.88 Å². The third kappa shape index (κ3) is 2.85. The van der Waals surface area contributed by atoms with Crippen LogP contribution in [0.3, 0.4) is 0 Å². The molecule has 0 spiro atoms. The van der Waals surface area contributed by atoms with E-state index in [1.165, 1.54) is 37.8 Å². The molecule has 2 rings (SSSR count). The highest BCUT2D eigenvalue weighted by Gasteiger charge is 2.27. The minimum atomic E-state index is 0.342. The van der Waals surface area contributed by atoms with Crippen molar-refractivity contribution >= 4 is 0 Å². The Balaban J connectivity index is 2.16. The fourth-order valence-electron chi connectivity index (χ4n) is 2.91. The fraction of sp³-hybridized carbons (Fsp3) is 0.643. The number of likely N-dealkylation sites (tertiary alicyclic amines) is 1. The van der Waals surface area contributed by atoms with Gasteiger partial charge in [0.15, 0.2) is 0 Å². The Morgan fingerprint density at radius 2 is 2.41 bits per heavy atom. The predicted octanol–water partition coefficient (Wildman–Crippen LogP) is 2.35.